The summed E-state index contributed by atoms with van der Waals surface area (Å²) in [5.41, 5.74) is 1.50. The minimum atomic E-state index is -0.246. The highest BCUT2D eigenvalue weighted by atomic mass is 35.5. The molecule has 1 aromatic carbocycles. The van der Waals surface area contributed by atoms with Crippen LogP contribution in [-0.4, -0.2) is 18.1 Å². The predicted octanol–water partition coefficient (Wildman–Crippen LogP) is 3.89. The van der Waals surface area contributed by atoms with Gasteiger partial charge < -0.3 is 4.74 Å². The number of ether oxygens (including phenoxy) is 1. The van der Waals surface area contributed by atoms with E-state index >= 15 is 0 Å². The molecule has 5 heteroatoms. The molecule has 0 aliphatic rings. The van der Waals surface area contributed by atoms with Crippen LogP contribution in [0.1, 0.15) is 12.6 Å². The molecule has 0 saturated heterocycles. The molecular weight excluding hydrogens is 285 g/mol. The van der Waals surface area contributed by atoms with Crippen LogP contribution < -0.4 is 0 Å². The first-order valence-electron chi connectivity index (χ1n) is 5.83. The van der Waals surface area contributed by atoms with E-state index in [2.05, 4.69) is 4.98 Å². The van der Waals surface area contributed by atoms with Gasteiger partial charge in [0.15, 0.2) is 0 Å². The molecule has 0 spiro atoms. The van der Waals surface area contributed by atoms with Gasteiger partial charge in [-0.3, -0.25) is 9.78 Å². The molecule has 2 rings (SSSR count). The summed E-state index contributed by atoms with van der Waals surface area (Å²) in [7, 11) is 1.38. The zero-order valence-corrected chi connectivity index (χ0v) is 12.1. The van der Waals surface area contributed by atoms with Crippen LogP contribution in [0.5, 0.6) is 0 Å². The molecule has 0 amide bonds. The second kappa shape index (κ2) is 5.76. The molecule has 1 heterocycles. The number of aromatic nitrogens is 1. The van der Waals surface area contributed by atoms with Gasteiger partial charge in [-0.15, -0.1) is 0 Å². The molecule has 0 fully saturated rings. The van der Waals surface area contributed by atoms with E-state index in [-0.39, 0.29) is 11.9 Å². The average molecular weight is 298 g/mol. The summed E-state index contributed by atoms with van der Waals surface area (Å²) < 4.78 is 4.70. The molecule has 1 unspecified atom stereocenters. The van der Waals surface area contributed by atoms with Gasteiger partial charge in [-0.25, -0.2) is 0 Å². The van der Waals surface area contributed by atoms with Gasteiger partial charge in [0.25, 0.3) is 0 Å². The largest absolute Gasteiger partial charge is 0.469 e. The fraction of sp³-hybridized carbons (Fsp3) is 0.286. The number of hydrogen-bond donors (Lipinski definition) is 0. The van der Waals surface area contributed by atoms with Crippen LogP contribution in [0.15, 0.2) is 24.3 Å². The molecule has 0 radical (unpaired) electrons. The lowest BCUT2D eigenvalue weighted by Gasteiger charge is -2.09. The Labute approximate surface area is 121 Å². The molecule has 19 heavy (non-hydrogen) atoms. The van der Waals surface area contributed by atoms with Gasteiger partial charge >= 0.3 is 5.97 Å². The molecule has 1 aromatic heterocycles. The Morgan fingerprint density at radius 1 is 1.37 bits per heavy atom. The number of rotatable bonds is 3. The van der Waals surface area contributed by atoms with E-state index in [4.69, 9.17) is 27.9 Å². The number of benzene rings is 1. The van der Waals surface area contributed by atoms with Gasteiger partial charge in [0.05, 0.1) is 23.6 Å². The standard InChI is InChI=1S/C14H13Cl2NO2/c1-8(14(18)19-2)5-11-4-3-9-6-10(15)7-12(16)13(9)17-11/h3-4,6-8H,5H2,1-2H3. The number of hydrogen-bond acceptors (Lipinski definition) is 3. The van der Waals surface area contributed by atoms with Crippen molar-refractivity contribution in [1.29, 1.82) is 0 Å². The van der Waals surface area contributed by atoms with Crippen LogP contribution in [0.4, 0.5) is 0 Å². The average Bonchev–Trinajstić information content (AvgIpc) is 2.38. The summed E-state index contributed by atoms with van der Waals surface area (Å²) in [6, 6.07) is 7.24. The van der Waals surface area contributed by atoms with E-state index in [1.54, 1.807) is 13.0 Å². The Morgan fingerprint density at radius 3 is 2.79 bits per heavy atom. The molecule has 0 aliphatic heterocycles. The Bertz CT molecular complexity index is 628. The summed E-state index contributed by atoms with van der Waals surface area (Å²) >= 11 is 12.1. The van der Waals surface area contributed by atoms with Crippen LogP contribution in [0.25, 0.3) is 10.9 Å². The van der Waals surface area contributed by atoms with Crippen molar-refractivity contribution in [1.82, 2.24) is 4.98 Å². The minimum absolute atomic E-state index is 0.235. The van der Waals surface area contributed by atoms with Crippen molar-refractivity contribution in [3.05, 3.63) is 40.0 Å². The SMILES string of the molecule is COC(=O)C(C)Cc1ccc2cc(Cl)cc(Cl)c2n1. The summed E-state index contributed by atoms with van der Waals surface area (Å²) in [4.78, 5) is 15.9. The number of fused-ring (bicyclic) bond motifs is 1. The molecule has 0 saturated carbocycles. The van der Waals surface area contributed by atoms with Gasteiger partial charge in [-0.2, -0.15) is 0 Å². The first-order chi connectivity index (χ1) is 9.01. The van der Waals surface area contributed by atoms with Gasteiger partial charge in [0.2, 0.25) is 0 Å². The van der Waals surface area contributed by atoms with Crippen LogP contribution in [-0.2, 0) is 16.0 Å². The Kier molecular flexibility index (Phi) is 4.27. The Balaban J connectivity index is 2.34. The zero-order valence-electron chi connectivity index (χ0n) is 10.6. The third-order valence-corrected chi connectivity index (χ3v) is 3.39. The Morgan fingerprint density at radius 2 is 2.11 bits per heavy atom. The Hall–Kier alpha value is -1.32. The fourth-order valence-corrected chi connectivity index (χ4v) is 2.46. The maximum Gasteiger partial charge on any atom is 0.308 e. The lowest BCUT2D eigenvalue weighted by Crippen LogP contribution is -2.15. The quantitative estimate of drug-likeness (QED) is 0.807. The van der Waals surface area contributed by atoms with Crippen molar-refractivity contribution in [2.45, 2.75) is 13.3 Å². The summed E-state index contributed by atoms with van der Waals surface area (Å²) in [6.45, 7) is 1.81. The first-order valence-corrected chi connectivity index (χ1v) is 6.59. The van der Waals surface area contributed by atoms with E-state index < -0.39 is 0 Å². The van der Waals surface area contributed by atoms with Gasteiger partial charge in [0.1, 0.15) is 0 Å². The van der Waals surface area contributed by atoms with Crippen molar-refractivity contribution in [2.75, 3.05) is 7.11 Å². The van der Waals surface area contributed by atoms with E-state index in [1.165, 1.54) is 7.11 Å². The third-order valence-electron chi connectivity index (χ3n) is 2.89. The lowest BCUT2D eigenvalue weighted by molar-refractivity contribution is -0.144. The van der Waals surface area contributed by atoms with Crippen LogP contribution >= 0.6 is 23.2 Å². The number of nitrogens with zero attached hydrogens (tertiary/aromatic N) is 1. The second-order valence-electron chi connectivity index (χ2n) is 4.39. The number of halogens is 2. The third kappa shape index (κ3) is 3.17. The summed E-state index contributed by atoms with van der Waals surface area (Å²) in [5, 5.41) is 1.97. The zero-order chi connectivity index (χ0) is 14.0. The molecule has 2 aromatic rings. The van der Waals surface area contributed by atoms with Crippen molar-refractivity contribution in [2.24, 2.45) is 5.92 Å². The van der Waals surface area contributed by atoms with Crippen LogP contribution in [0.3, 0.4) is 0 Å². The van der Waals surface area contributed by atoms with Crippen LogP contribution in [0.2, 0.25) is 10.0 Å². The highest BCUT2D eigenvalue weighted by molar-refractivity contribution is 6.38. The second-order valence-corrected chi connectivity index (χ2v) is 5.23. The van der Waals surface area contributed by atoms with Gasteiger partial charge in [-0.1, -0.05) is 36.2 Å². The van der Waals surface area contributed by atoms with E-state index in [0.717, 1.165) is 11.1 Å². The number of esters is 1. The number of carbonyl (C=O) groups is 1. The monoisotopic (exact) mass is 297 g/mol. The smallest absolute Gasteiger partial charge is 0.308 e. The minimum Gasteiger partial charge on any atom is -0.469 e. The molecule has 0 bridgehead atoms. The maximum atomic E-state index is 11.4. The highest BCUT2D eigenvalue weighted by Crippen LogP contribution is 2.27. The van der Waals surface area contributed by atoms with Gasteiger partial charge in [-0.05, 0) is 18.2 Å². The topological polar surface area (TPSA) is 39.2 Å². The highest BCUT2D eigenvalue weighted by Gasteiger charge is 2.15. The van der Waals surface area contributed by atoms with Crippen molar-refractivity contribution >= 4 is 40.1 Å². The lowest BCUT2D eigenvalue weighted by atomic mass is 10.0. The fourth-order valence-electron chi connectivity index (χ4n) is 1.91. The first kappa shape index (κ1) is 14.1. The maximum absolute atomic E-state index is 11.4. The number of methoxy groups -OCH3 is 1. The van der Waals surface area contributed by atoms with Crippen molar-refractivity contribution < 1.29 is 9.53 Å². The molecule has 0 N–H and O–H groups in total. The summed E-state index contributed by atoms with van der Waals surface area (Å²) in [5.74, 6) is -0.481. The van der Waals surface area contributed by atoms with E-state index in [0.29, 0.717) is 22.0 Å². The van der Waals surface area contributed by atoms with Gasteiger partial charge in [0, 0.05) is 22.5 Å². The van der Waals surface area contributed by atoms with Crippen molar-refractivity contribution in [3.63, 3.8) is 0 Å². The van der Waals surface area contributed by atoms with Crippen molar-refractivity contribution in [3.8, 4) is 0 Å². The van der Waals surface area contributed by atoms with E-state index in [9.17, 15) is 4.79 Å². The summed E-state index contributed by atoms with van der Waals surface area (Å²) in [6.07, 6.45) is 0.515. The molecule has 100 valence electrons. The predicted molar refractivity (Wildman–Crippen MR) is 76.6 cm³/mol. The number of pyridine rings is 1. The van der Waals surface area contributed by atoms with Crippen LogP contribution in [0, 0.1) is 5.92 Å². The molecule has 0 aliphatic carbocycles. The molecule has 3 nitrogen and oxygen atoms in total. The molecular formula is C14H13Cl2NO2. The van der Waals surface area contributed by atoms with E-state index in [1.807, 2.05) is 18.2 Å². The number of carbonyl (C=O) groups excluding carboxylic acids is 1. The normalized spacial score (nSPS) is 12.4. The molecule has 1 atom stereocenters.